The second kappa shape index (κ2) is 12.5. The molecule has 0 bridgehead atoms. The molecule has 4 rings (SSSR count). The van der Waals surface area contributed by atoms with E-state index in [0.29, 0.717) is 47.8 Å². The van der Waals surface area contributed by atoms with Gasteiger partial charge in [0.1, 0.15) is 11.6 Å². The van der Waals surface area contributed by atoms with Gasteiger partial charge in [-0.25, -0.2) is 13.2 Å². The number of benzene rings is 3. The summed E-state index contributed by atoms with van der Waals surface area (Å²) in [4.78, 5) is 0. The molecule has 0 saturated heterocycles. The largest absolute Gasteiger partial charge is 0.494 e. The number of aliphatic hydroxyl groups is 1. The minimum absolute atomic E-state index is 0.223. The van der Waals surface area contributed by atoms with E-state index in [1.54, 1.807) is 48.5 Å². The maximum absolute atomic E-state index is 15.0. The number of aliphatic hydroxyl groups excluding tert-OH is 1. The molecule has 1 N–H and O–H groups in total. The average molecular weight is 509 g/mol. The Hall–Kier alpha value is -3.05. The maximum Gasteiger partial charge on any atom is 0.166 e. The van der Waals surface area contributed by atoms with Crippen molar-refractivity contribution in [1.82, 2.24) is 0 Å². The molecule has 0 fully saturated rings. The van der Waals surface area contributed by atoms with E-state index in [1.165, 1.54) is 6.07 Å². The predicted octanol–water partition coefficient (Wildman–Crippen LogP) is 8.82. The van der Waals surface area contributed by atoms with Gasteiger partial charge in [0.25, 0.3) is 0 Å². The summed E-state index contributed by atoms with van der Waals surface area (Å²) >= 11 is 0. The van der Waals surface area contributed by atoms with E-state index in [-0.39, 0.29) is 11.4 Å². The average Bonchev–Trinajstić information content (AvgIpc) is 2.90. The Bertz CT molecular complexity index is 1230. The Labute approximate surface area is 217 Å². The van der Waals surface area contributed by atoms with Crippen molar-refractivity contribution < 1.29 is 23.0 Å². The molecule has 5 heteroatoms. The van der Waals surface area contributed by atoms with Crippen LogP contribution in [0.2, 0.25) is 0 Å². The molecule has 1 aliphatic carbocycles. The van der Waals surface area contributed by atoms with Crippen LogP contribution < -0.4 is 4.74 Å². The van der Waals surface area contributed by atoms with Gasteiger partial charge in [-0.15, -0.1) is 0 Å². The first-order valence-corrected chi connectivity index (χ1v) is 13.3. The summed E-state index contributed by atoms with van der Waals surface area (Å²) in [6, 6.07) is 15.3. The normalized spacial score (nSPS) is 16.4. The van der Waals surface area contributed by atoms with Gasteiger partial charge >= 0.3 is 0 Å². The summed E-state index contributed by atoms with van der Waals surface area (Å²) in [5.41, 5.74) is 3.56. The van der Waals surface area contributed by atoms with Gasteiger partial charge in [-0.2, -0.15) is 0 Å². The third-order valence-corrected chi connectivity index (χ3v) is 7.27. The summed E-state index contributed by atoms with van der Waals surface area (Å²) in [6.07, 6.45) is 6.69. The molecule has 2 unspecified atom stereocenters. The van der Waals surface area contributed by atoms with E-state index in [4.69, 9.17) is 4.74 Å². The van der Waals surface area contributed by atoms with Gasteiger partial charge in [0.2, 0.25) is 0 Å². The lowest BCUT2D eigenvalue weighted by Crippen LogP contribution is -2.08. The molecule has 3 aromatic carbocycles. The number of allylic oxidation sites excluding steroid dienone is 2. The highest BCUT2D eigenvalue weighted by Gasteiger charge is 2.20. The van der Waals surface area contributed by atoms with E-state index in [2.05, 4.69) is 6.08 Å². The molecule has 37 heavy (non-hydrogen) atoms. The maximum atomic E-state index is 15.0. The highest BCUT2D eigenvalue weighted by molar-refractivity contribution is 5.67. The Kier molecular flexibility index (Phi) is 9.09. The van der Waals surface area contributed by atoms with Crippen LogP contribution in [0.4, 0.5) is 13.2 Å². The van der Waals surface area contributed by atoms with Crippen molar-refractivity contribution in [2.75, 3.05) is 6.61 Å². The Morgan fingerprint density at radius 3 is 2.35 bits per heavy atom. The van der Waals surface area contributed by atoms with Crippen LogP contribution >= 0.6 is 0 Å². The lowest BCUT2D eigenvalue weighted by molar-refractivity contribution is 0.166. The zero-order chi connectivity index (χ0) is 26.4. The van der Waals surface area contributed by atoms with Crippen molar-refractivity contribution >= 4 is 5.57 Å². The lowest BCUT2D eigenvalue weighted by Gasteiger charge is -2.23. The van der Waals surface area contributed by atoms with Crippen LogP contribution in [-0.4, -0.2) is 11.7 Å². The van der Waals surface area contributed by atoms with E-state index >= 15 is 0 Å². The summed E-state index contributed by atoms with van der Waals surface area (Å²) < 4.78 is 49.8. The zero-order valence-corrected chi connectivity index (χ0v) is 21.6. The fourth-order valence-corrected chi connectivity index (χ4v) is 5.10. The first kappa shape index (κ1) is 27.0. The van der Waals surface area contributed by atoms with Crippen LogP contribution in [0.3, 0.4) is 0 Å². The third-order valence-electron chi connectivity index (χ3n) is 7.27. The second-order valence-corrected chi connectivity index (χ2v) is 9.81. The fraction of sp³-hybridized carbons (Fsp3) is 0.375. The van der Waals surface area contributed by atoms with Crippen LogP contribution in [0.5, 0.6) is 5.75 Å². The standard InChI is InChI=1S/C32H35F3O2/c1-3-5-30(36)24-14-12-23(13-15-24)28-18-16-25(31(34)32(28)35)11-8-21-6-9-22(10-7-21)27-19-17-26(37-4-2)20-29(27)33/h9,12-21,30,36H,3-8,10-11H2,1-2H3. The molecule has 0 aromatic heterocycles. The van der Waals surface area contributed by atoms with Crippen LogP contribution in [0.25, 0.3) is 16.7 Å². The van der Waals surface area contributed by atoms with Crippen molar-refractivity contribution in [2.45, 2.75) is 64.9 Å². The van der Waals surface area contributed by atoms with Crippen molar-refractivity contribution in [3.63, 3.8) is 0 Å². The van der Waals surface area contributed by atoms with Crippen LogP contribution in [-0.2, 0) is 6.42 Å². The third kappa shape index (κ3) is 6.45. The van der Waals surface area contributed by atoms with Crippen molar-refractivity contribution in [2.24, 2.45) is 5.92 Å². The van der Waals surface area contributed by atoms with E-state index in [0.717, 1.165) is 43.2 Å². The summed E-state index contributed by atoms with van der Waals surface area (Å²) in [5.74, 6) is -1.04. The first-order valence-electron chi connectivity index (χ1n) is 13.3. The van der Waals surface area contributed by atoms with E-state index in [1.807, 2.05) is 13.8 Å². The Morgan fingerprint density at radius 2 is 1.70 bits per heavy atom. The molecule has 1 aliphatic rings. The van der Waals surface area contributed by atoms with Gasteiger partial charge in [-0.1, -0.05) is 55.8 Å². The fourth-order valence-electron chi connectivity index (χ4n) is 5.10. The van der Waals surface area contributed by atoms with Gasteiger partial charge in [0.15, 0.2) is 11.6 Å². The number of rotatable bonds is 10. The van der Waals surface area contributed by atoms with Gasteiger partial charge in [0.05, 0.1) is 12.7 Å². The molecule has 0 spiro atoms. The monoisotopic (exact) mass is 508 g/mol. The number of ether oxygens (including phenoxy) is 1. The van der Waals surface area contributed by atoms with Gasteiger partial charge in [-0.3, -0.25) is 0 Å². The number of hydrogen-bond acceptors (Lipinski definition) is 2. The molecule has 0 amide bonds. The molecule has 0 heterocycles. The molecule has 2 atom stereocenters. The van der Waals surface area contributed by atoms with Crippen molar-refractivity contribution in [3.05, 3.63) is 94.8 Å². The smallest absolute Gasteiger partial charge is 0.166 e. The summed E-state index contributed by atoms with van der Waals surface area (Å²) in [7, 11) is 0. The van der Waals surface area contributed by atoms with E-state index < -0.39 is 17.7 Å². The first-order chi connectivity index (χ1) is 17.9. The van der Waals surface area contributed by atoms with Gasteiger partial charge in [0, 0.05) is 17.2 Å². The molecule has 0 radical (unpaired) electrons. The number of aryl methyl sites for hydroxylation is 1. The SMILES string of the molecule is CCCC(O)c1ccc(-c2ccc(CCC3CC=C(c4ccc(OCC)cc4F)CC3)c(F)c2F)cc1. The summed E-state index contributed by atoms with van der Waals surface area (Å²) in [5, 5.41) is 10.1. The molecular formula is C32H35F3O2. The van der Waals surface area contributed by atoms with Gasteiger partial charge < -0.3 is 9.84 Å². The van der Waals surface area contributed by atoms with Gasteiger partial charge in [-0.05, 0) is 85.8 Å². The molecule has 0 saturated carbocycles. The summed E-state index contributed by atoms with van der Waals surface area (Å²) in [6.45, 7) is 4.36. The molecular weight excluding hydrogens is 473 g/mol. The Balaban J connectivity index is 1.38. The van der Waals surface area contributed by atoms with Crippen LogP contribution in [0.15, 0.2) is 60.7 Å². The molecule has 196 valence electrons. The minimum Gasteiger partial charge on any atom is -0.494 e. The second-order valence-electron chi connectivity index (χ2n) is 9.81. The van der Waals surface area contributed by atoms with Crippen molar-refractivity contribution in [1.29, 1.82) is 0 Å². The molecule has 0 aliphatic heterocycles. The molecule has 3 aromatic rings. The number of halogens is 3. The highest BCUT2D eigenvalue weighted by atomic mass is 19.2. The highest BCUT2D eigenvalue weighted by Crippen LogP contribution is 2.35. The molecule has 2 nitrogen and oxygen atoms in total. The van der Waals surface area contributed by atoms with Crippen molar-refractivity contribution in [3.8, 4) is 16.9 Å². The number of hydrogen-bond donors (Lipinski definition) is 1. The van der Waals surface area contributed by atoms with E-state index in [9.17, 15) is 18.3 Å². The Morgan fingerprint density at radius 1 is 0.946 bits per heavy atom. The topological polar surface area (TPSA) is 29.5 Å². The zero-order valence-electron chi connectivity index (χ0n) is 21.6. The minimum atomic E-state index is -0.837. The predicted molar refractivity (Wildman–Crippen MR) is 143 cm³/mol. The quantitative estimate of drug-likeness (QED) is 0.296. The lowest BCUT2D eigenvalue weighted by atomic mass is 9.83. The van der Waals surface area contributed by atoms with Crippen LogP contribution in [0, 0.1) is 23.4 Å². The van der Waals surface area contributed by atoms with Crippen LogP contribution in [0.1, 0.15) is 75.2 Å².